The zero-order valence-electron chi connectivity index (χ0n) is 8.03. The Morgan fingerprint density at radius 1 is 1.46 bits per heavy atom. The SMILES string of the molecule is COC(=O)[C@H]1CC=C[C@@H]2CCC[C@@H]21. The summed E-state index contributed by atoms with van der Waals surface area (Å²) in [6, 6.07) is 0. The van der Waals surface area contributed by atoms with E-state index in [1.807, 2.05) is 0 Å². The number of allylic oxidation sites excluding steroid dienone is 2. The smallest absolute Gasteiger partial charge is 0.309 e. The Bertz CT molecular complexity index is 232. The molecule has 0 aromatic carbocycles. The lowest BCUT2D eigenvalue weighted by atomic mass is 9.78. The maximum Gasteiger partial charge on any atom is 0.309 e. The summed E-state index contributed by atoms with van der Waals surface area (Å²) in [6.45, 7) is 0. The van der Waals surface area contributed by atoms with Crippen LogP contribution in [-0.2, 0) is 9.53 Å². The average Bonchev–Trinajstić information content (AvgIpc) is 2.63. The molecule has 0 unspecified atom stereocenters. The van der Waals surface area contributed by atoms with Crippen LogP contribution in [0.1, 0.15) is 25.7 Å². The van der Waals surface area contributed by atoms with Crippen molar-refractivity contribution in [1.82, 2.24) is 0 Å². The van der Waals surface area contributed by atoms with Crippen LogP contribution < -0.4 is 0 Å². The van der Waals surface area contributed by atoms with Gasteiger partial charge in [0.25, 0.3) is 0 Å². The lowest BCUT2D eigenvalue weighted by Gasteiger charge is -2.27. The van der Waals surface area contributed by atoms with Crippen LogP contribution in [0.5, 0.6) is 0 Å². The van der Waals surface area contributed by atoms with Crippen molar-refractivity contribution >= 4 is 5.97 Å². The molecule has 2 aliphatic carbocycles. The molecule has 0 bridgehead atoms. The highest BCUT2D eigenvalue weighted by molar-refractivity contribution is 5.73. The first-order valence-electron chi connectivity index (χ1n) is 5.07. The first kappa shape index (κ1) is 8.79. The molecule has 1 saturated carbocycles. The van der Waals surface area contributed by atoms with Crippen molar-refractivity contribution in [2.24, 2.45) is 17.8 Å². The minimum atomic E-state index is -0.0127. The monoisotopic (exact) mass is 180 g/mol. The fraction of sp³-hybridized carbons (Fsp3) is 0.727. The molecule has 3 atom stereocenters. The third kappa shape index (κ3) is 1.50. The quantitative estimate of drug-likeness (QED) is 0.456. The second-order valence-electron chi connectivity index (χ2n) is 4.05. The number of hydrogen-bond donors (Lipinski definition) is 0. The van der Waals surface area contributed by atoms with E-state index in [9.17, 15) is 4.79 Å². The summed E-state index contributed by atoms with van der Waals surface area (Å²) in [5, 5.41) is 0. The third-order valence-corrected chi connectivity index (χ3v) is 3.42. The molecule has 2 nitrogen and oxygen atoms in total. The number of esters is 1. The van der Waals surface area contributed by atoms with Gasteiger partial charge in [-0.25, -0.2) is 0 Å². The van der Waals surface area contributed by atoms with Crippen molar-refractivity contribution in [2.45, 2.75) is 25.7 Å². The van der Waals surface area contributed by atoms with Gasteiger partial charge in [0.1, 0.15) is 0 Å². The molecule has 0 spiro atoms. The predicted molar refractivity (Wildman–Crippen MR) is 50.1 cm³/mol. The van der Waals surface area contributed by atoms with E-state index in [1.54, 1.807) is 0 Å². The van der Waals surface area contributed by atoms with E-state index in [2.05, 4.69) is 12.2 Å². The van der Waals surface area contributed by atoms with Gasteiger partial charge in [-0.3, -0.25) is 4.79 Å². The highest BCUT2D eigenvalue weighted by atomic mass is 16.5. The molecule has 0 aromatic heterocycles. The molecule has 0 saturated heterocycles. The second kappa shape index (κ2) is 3.52. The number of methoxy groups -OCH3 is 1. The van der Waals surface area contributed by atoms with Crippen molar-refractivity contribution in [2.75, 3.05) is 7.11 Å². The van der Waals surface area contributed by atoms with Crippen molar-refractivity contribution in [3.63, 3.8) is 0 Å². The summed E-state index contributed by atoms with van der Waals surface area (Å²) < 4.78 is 4.83. The Morgan fingerprint density at radius 3 is 3.08 bits per heavy atom. The maximum absolute atomic E-state index is 11.5. The fourth-order valence-electron chi connectivity index (χ4n) is 2.75. The molecule has 1 fully saturated rings. The van der Waals surface area contributed by atoms with Gasteiger partial charge in [-0.15, -0.1) is 0 Å². The second-order valence-corrected chi connectivity index (χ2v) is 4.05. The van der Waals surface area contributed by atoms with Gasteiger partial charge in [0, 0.05) is 0 Å². The number of carbonyl (C=O) groups excluding carboxylic acids is 1. The van der Waals surface area contributed by atoms with Crippen LogP contribution in [0.25, 0.3) is 0 Å². The molecule has 2 heteroatoms. The topological polar surface area (TPSA) is 26.3 Å². The van der Waals surface area contributed by atoms with Crippen LogP contribution in [0, 0.1) is 17.8 Å². The normalized spacial score (nSPS) is 37.2. The van der Waals surface area contributed by atoms with Crippen LogP contribution in [0.3, 0.4) is 0 Å². The first-order valence-corrected chi connectivity index (χ1v) is 5.07. The number of hydrogen-bond acceptors (Lipinski definition) is 2. The molecular formula is C11H16O2. The van der Waals surface area contributed by atoms with Gasteiger partial charge >= 0.3 is 5.97 Å². The highest BCUT2D eigenvalue weighted by Gasteiger charge is 2.38. The van der Waals surface area contributed by atoms with Gasteiger partial charge < -0.3 is 4.74 Å². The Balaban J connectivity index is 2.12. The molecule has 0 amide bonds. The molecule has 2 rings (SSSR count). The molecule has 2 aliphatic rings. The molecule has 0 aromatic rings. The minimum Gasteiger partial charge on any atom is -0.469 e. The van der Waals surface area contributed by atoms with Gasteiger partial charge in [-0.1, -0.05) is 18.6 Å². The van der Waals surface area contributed by atoms with Crippen LogP contribution in [0.15, 0.2) is 12.2 Å². The zero-order valence-corrected chi connectivity index (χ0v) is 8.03. The van der Waals surface area contributed by atoms with E-state index in [0.717, 1.165) is 6.42 Å². The molecular weight excluding hydrogens is 164 g/mol. The van der Waals surface area contributed by atoms with Crippen molar-refractivity contribution in [1.29, 1.82) is 0 Å². The van der Waals surface area contributed by atoms with Gasteiger partial charge in [0.2, 0.25) is 0 Å². The number of fused-ring (bicyclic) bond motifs is 1. The Hall–Kier alpha value is -0.790. The van der Waals surface area contributed by atoms with Gasteiger partial charge in [-0.2, -0.15) is 0 Å². The molecule has 0 radical (unpaired) electrons. The zero-order chi connectivity index (χ0) is 9.26. The number of carbonyl (C=O) groups is 1. The van der Waals surface area contributed by atoms with Crippen molar-refractivity contribution in [3.8, 4) is 0 Å². The summed E-state index contributed by atoms with van der Waals surface area (Å²) in [5.41, 5.74) is 0. The lowest BCUT2D eigenvalue weighted by molar-refractivity contribution is -0.147. The third-order valence-electron chi connectivity index (χ3n) is 3.42. The van der Waals surface area contributed by atoms with Crippen molar-refractivity contribution in [3.05, 3.63) is 12.2 Å². The largest absolute Gasteiger partial charge is 0.469 e. The molecule has 13 heavy (non-hydrogen) atoms. The highest BCUT2D eigenvalue weighted by Crippen LogP contribution is 2.42. The van der Waals surface area contributed by atoms with Crippen LogP contribution >= 0.6 is 0 Å². The van der Waals surface area contributed by atoms with Crippen molar-refractivity contribution < 1.29 is 9.53 Å². The van der Waals surface area contributed by atoms with Crippen LogP contribution in [-0.4, -0.2) is 13.1 Å². The number of rotatable bonds is 1. The molecule has 72 valence electrons. The van der Waals surface area contributed by atoms with E-state index in [1.165, 1.54) is 26.4 Å². The van der Waals surface area contributed by atoms with E-state index in [0.29, 0.717) is 11.8 Å². The van der Waals surface area contributed by atoms with E-state index < -0.39 is 0 Å². The maximum atomic E-state index is 11.5. The summed E-state index contributed by atoms with van der Waals surface area (Å²) in [5.74, 6) is 1.35. The predicted octanol–water partition coefficient (Wildman–Crippen LogP) is 2.15. The molecule has 0 aliphatic heterocycles. The molecule has 0 heterocycles. The summed E-state index contributed by atoms with van der Waals surface area (Å²) in [7, 11) is 1.49. The summed E-state index contributed by atoms with van der Waals surface area (Å²) in [4.78, 5) is 11.5. The fourth-order valence-corrected chi connectivity index (χ4v) is 2.75. The number of ether oxygens (including phenoxy) is 1. The lowest BCUT2D eigenvalue weighted by Crippen LogP contribution is -2.28. The summed E-state index contributed by atoms with van der Waals surface area (Å²) >= 11 is 0. The van der Waals surface area contributed by atoms with Gasteiger partial charge in [0.15, 0.2) is 0 Å². The average molecular weight is 180 g/mol. The van der Waals surface area contributed by atoms with E-state index >= 15 is 0 Å². The van der Waals surface area contributed by atoms with E-state index in [4.69, 9.17) is 4.74 Å². The minimum absolute atomic E-state index is 0.0127. The van der Waals surface area contributed by atoms with Gasteiger partial charge in [-0.05, 0) is 31.1 Å². The Kier molecular flexibility index (Phi) is 2.38. The van der Waals surface area contributed by atoms with Gasteiger partial charge in [0.05, 0.1) is 13.0 Å². The Morgan fingerprint density at radius 2 is 2.31 bits per heavy atom. The first-order chi connectivity index (χ1) is 6.33. The summed E-state index contributed by atoms with van der Waals surface area (Å²) in [6.07, 6.45) is 9.05. The van der Waals surface area contributed by atoms with E-state index in [-0.39, 0.29) is 11.9 Å². The van der Waals surface area contributed by atoms with Crippen LogP contribution in [0.2, 0.25) is 0 Å². The molecule has 0 N–H and O–H groups in total. The van der Waals surface area contributed by atoms with Crippen LogP contribution in [0.4, 0.5) is 0 Å². The standard InChI is InChI=1S/C11H16O2/c1-13-11(12)10-7-3-5-8-4-2-6-9(8)10/h3,5,8-10H,2,4,6-7H2,1H3/t8-,9-,10-/m0/s1. The Labute approximate surface area is 79.0 Å².